The van der Waals surface area contributed by atoms with E-state index in [0.717, 1.165) is 12.5 Å². The maximum atomic E-state index is 9.38. The van der Waals surface area contributed by atoms with Gasteiger partial charge in [-0.3, -0.25) is 4.79 Å². The van der Waals surface area contributed by atoms with Gasteiger partial charge in [0.2, 0.25) is 0 Å². The lowest BCUT2D eigenvalue weighted by atomic mass is 10.0. The van der Waals surface area contributed by atoms with E-state index in [1.807, 2.05) is 30.3 Å². The van der Waals surface area contributed by atoms with Crippen molar-refractivity contribution in [1.29, 1.82) is 0 Å². The summed E-state index contributed by atoms with van der Waals surface area (Å²) < 4.78 is 0. The fraction of sp³-hybridized carbons (Fsp3) is 0.214. The molecule has 0 bridgehead atoms. The SMILES string of the molecule is CC(=O)O.CC(O)c1ccc2ccccc2c1. The standard InChI is InChI=1S/C12H12O.C2H4O2/c1-9(13)11-7-6-10-4-2-3-5-12(10)8-11;1-2(3)4/h2-9,13H,1H3;1H3,(H,3,4). The van der Waals surface area contributed by atoms with Gasteiger partial charge < -0.3 is 10.2 Å². The quantitative estimate of drug-likeness (QED) is 0.794. The minimum atomic E-state index is -0.833. The topological polar surface area (TPSA) is 57.5 Å². The van der Waals surface area contributed by atoms with Crippen molar-refractivity contribution in [1.82, 2.24) is 0 Å². The van der Waals surface area contributed by atoms with Gasteiger partial charge >= 0.3 is 0 Å². The maximum Gasteiger partial charge on any atom is 0.300 e. The van der Waals surface area contributed by atoms with Crippen molar-refractivity contribution in [3.05, 3.63) is 48.0 Å². The second-order valence-electron chi connectivity index (χ2n) is 3.80. The summed E-state index contributed by atoms with van der Waals surface area (Å²) in [5, 5.41) is 19.2. The van der Waals surface area contributed by atoms with Crippen LogP contribution in [0.3, 0.4) is 0 Å². The van der Waals surface area contributed by atoms with Crippen LogP contribution in [0, 0.1) is 0 Å². The van der Waals surface area contributed by atoms with Crippen molar-refractivity contribution in [2.75, 3.05) is 0 Å². The Morgan fingerprint density at radius 1 is 1.12 bits per heavy atom. The Labute approximate surface area is 100 Å². The number of carboxylic acid groups (broad SMARTS) is 1. The molecule has 0 aliphatic carbocycles. The Morgan fingerprint density at radius 2 is 1.65 bits per heavy atom. The molecule has 90 valence electrons. The lowest BCUT2D eigenvalue weighted by Crippen LogP contribution is -1.89. The normalized spacial score (nSPS) is 11.5. The molecule has 0 spiro atoms. The van der Waals surface area contributed by atoms with Gasteiger partial charge in [-0.05, 0) is 29.3 Å². The van der Waals surface area contributed by atoms with Crippen molar-refractivity contribution >= 4 is 16.7 Å². The van der Waals surface area contributed by atoms with E-state index in [9.17, 15) is 5.11 Å². The van der Waals surface area contributed by atoms with Crippen molar-refractivity contribution in [3.63, 3.8) is 0 Å². The van der Waals surface area contributed by atoms with Gasteiger partial charge in [-0.25, -0.2) is 0 Å². The van der Waals surface area contributed by atoms with Crippen LogP contribution in [0.2, 0.25) is 0 Å². The number of aliphatic hydroxyl groups is 1. The highest BCUT2D eigenvalue weighted by molar-refractivity contribution is 5.83. The highest BCUT2D eigenvalue weighted by atomic mass is 16.4. The average molecular weight is 232 g/mol. The van der Waals surface area contributed by atoms with Crippen molar-refractivity contribution in [2.24, 2.45) is 0 Å². The number of aliphatic carboxylic acids is 1. The first kappa shape index (κ1) is 13.2. The third kappa shape index (κ3) is 4.25. The zero-order valence-electron chi connectivity index (χ0n) is 9.92. The highest BCUT2D eigenvalue weighted by Gasteiger charge is 2.00. The highest BCUT2D eigenvalue weighted by Crippen LogP contribution is 2.19. The van der Waals surface area contributed by atoms with E-state index in [0.29, 0.717) is 0 Å². The van der Waals surface area contributed by atoms with Crippen LogP contribution in [0.5, 0.6) is 0 Å². The molecule has 0 fully saturated rings. The Balaban J connectivity index is 0.000000317. The second kappa shape index (κ2) is 6.01. The van der Waals surface area contributed by atoms with E-state index in [-0.39, 0.29) is 6.10 Å². The van der Waals surface area contributed by atoms with Crippen LogP contribution in [0.1, 0.15) is 25.5 Å². The number of carbonyl (C=O) groups is 1. The summed E-state index contributed by atoms with van der Waals surface area (Å²) in [5.41, 5.74) is 0.971. The molecule has 2 N–H and O–H groups in total. The van der Waals surface area contributed by atoms with E-state index in [2.05, 4.69) is 12.1 Å². The average Bonchev–Trinajstić information content (AvgIpc) is 2.27. The molecule has 0 heterocycles. The van der Waals surface area contributed by atoms with E-state index in [1.54, 1.807) is 6.92 Å². The molecule has 2 rings (SSSR count). The Hall–Kier alpha value is -1.87. The predicted molar refractivity (Wildman–Crippen MR) is 67.9 cm³/mol. The minimum absolute atomic E-state index is 0.385. The summed E-state index contributed by atoms with van der Waals surface area (Å²) in [6.45, 7) is 2.87. The summed E-state index contributed by atoms with van der Waals surface area (Å²) in [4.78, 5) is 9.00. The fourth-order valence-corrected chi connectivity index (χ4v) is 1.47. The van der Waals surface area contributed by atoms with Gasteiger partial charge in [0.05, 0.1) is 6.10 Å². The first-order chi connectivity index (χ1) is 8.00. The van der Waals surface area contributed by atoms with Gasteiger partial charge in [0, 0.05) is 6.92 Å². The van der Waals surface area contributed by atoms with Crippen LogP contribution in [0.25, 0.3) is 10.8 Å². The monoisotopic (exact) mass is 232 g/mol. The van der Waals surface area contributed by atoms with Crippen molar-refractivity contribution in [3.8, 4) is 0 Å². The second-order valence-corrected chi connectivity index (χ2v) is 3.80. The number of hydrogen-bond acceptors (Lipinski definition) is 2. The Bertz CT molecular complexity index is 500. The molecule has 17 heavy (non-hydrogen) atoms. The molecule has 0 saturated carbocycles. The zero-order chi connectivity index (χ0) is 12.8. The van der Waals surface area contributed by atoms with Crippen LogP contribution >= 0.6 is 0 Å². The predicted octanol–water partition coefficient (Wildman–Crippen LogP) is 2.98. The fourth-order valence-electron chi connectivity index (χ4n) is 1.47. The largest absolute Gasteiger partial charge is 0.481 e. The minimum Gasteiger partial charge on any atom is -0.481 e. The maximum absolute atomic E-state index is 9.38. The number of hydrogen-bond donors (Lipinski definition) is 2. The molecule has 0 aliphatic heterocycles. The smallest absolute Gasteiger partial charge is 0.300 e. The van der Waals surface area contributed by atoms with Crippen LogP contribution in [-0.2, 0) is 4.79 Å². The van der Waals surface area contributed by atoms with Gasteiger partial charge in [-0.1, -0.05) is 36.4 Å². The molecule has 0 saturated heterocycles. The molecular formula is C14H16O3. The molecule has 2 aromatic rings. The zero-order valence-corrected chi connectivity index (χ0v) is 9.92. The van der Waals surface area contributed by atoms with E-state index < -0.39 is 5.97 Å². The van der Waals surface area contributed by atoms with Crippen molar-refractivity contribution in [2.45, 2.75) is 20.0 Å². The van der Waals surface area contributed by atoms with Crippen LogP contribution in [-0.4, -0.2) is 16.2 Å². The summed E-state index contributed by atoms with van der Waals surface area (Å²) in [7, 11) is 0. The first-order valence-corrected chi connectivity index (χ1v) is 5.37. The molecule has 0 radical (unpaired) electrons. The summed E-state index contributed by atoms with van der Waals surface area (Å²) in [6, 6.07) is 14.2. The Kier molecular flexibility index (Phi) is 4.67. The van der Waals surface area contributed by atoms with Crippen molar-refractivity contribution < 1.29 is 15.0 Å². The molecular weight excluding hydrogens is 216 g/mol. The first-order valence-electron chi connectivity index (χ1n) is 5.37. The molecule has 0 aromatic heterocycles. The van der Waals surface area contributed by atoms with Gasteiger partial charge in [-0.15, -0.1) is 0 Å². The molecule has 0 aliphatic rings. The molecule has 1 atom stereocenters. The molecule has 0 amide bonds. The number of rotatable bonds is 1. The van der Waals surface area contributed by atoms with Gasteiger partial charge in [0.25, 0.3) is 5.97 Å². The van der Waals surface area contributed by atoms with Crippen LogP contribution in [0.15, 0.2) is 42.5 Å². The molecule has 2 aromatic carbocycles. The lowest BCUT2D eigenvalue weighted by Gasteiger charge is -2.05. The van der Waals surface area contributed by atoms with E-state index in [4.69, 9.17) is 9.90 Å². The van der Waals surface area contributed by atoms with E-state index in [1.165, 1.54) is 10.8 Å². The number of benzene rings is 2. The molecule has 1 unspecified atom stereocenters. The van der Waals surface area contributed by atoms with Crippen LogP contribution in [0.4, 0.5) is 0 Å². The number of fused-ring (bicyclic) bond motifs is 1. The number of aliphatic hydroxyl groups excluding tert-OH is 1. The molecule has 3 heteroatoms. The van der Waals surface area contributed by atoms with Gasteiger partial charge in [0.1, 0.15) is 0 Å². The summed E-state index contributed by atoms with van der Waals surface area (Å²) in [6.07, 6.45) is -0.385. The van der Waals surface area contributed by atoms with Gasteiger partial charge in [0.15, 0.2) is 0 Å². The molecule has 3 nitrogen and oxygen atoms in total. The van der Waals surface area contributed by atoms with E-state index >= 15 is 0 Å². The van der Waals surface area contributed by atoms with Gasteiger partial charge in [-0.2, -0.15) is 0 Å². The third-order valence-electron chi connectivity index (χ3n) is 2.26. The Morgan fingerprint density at radius 3 is 2.18 bits per heavy atom. The third-order valence-corrected chi connectivity index (χ3v) is 2.26. The van der Waals surface area contributed by atoms with Crippen LogP contribution < -0.4 is 0 Å². The summed E-state index contributed by atoms with van der Waals surface area (Å²) in [5.74, 6) is -0.833. The number of carboxylic acids is 1. The lowest BCUT2D eigenvalue weighted by molar-refractivity contribution is -0.134. The summed E-state index contributed by atoms with van der Waals surface area (Å²) >= 11 is 0.